The summed E-state index contributed by atoms with van der Waals surface area (Å²) in [6.07, 6.45) is 5.50. The smallest absolute Gasteiger partial charge is 0.0585 e. The Balaban J connectivity index is 1.94. The summed E-state index contributed by atoms with van der Waals surface area (Å²) in [5.41, 5.74) is 7.77. The van der Waals surface area contributed by atoms with Gasteiger partial charge in [-0.25, -0.2) is 0 Å². The van der Waals surface area contributed by atoms with E-state index in [1.165, 1.54) is 25.7 Å². The molecule has 1 aromatic carbocycles. The van der Waals surface area contributed by atoms with E-state index in [-0.39, 0.29) is 0 Å². The van der Waals surface area contributed by atoms with E-state index in [1.54, 1.807) is 0 Å². The van der Waals surface area contributed by atoms with E-state index < -0.39 is 0 Å². The lowest BCUT2D eigenvalue weighted by atomic mass is 10.1. The Kier molecular flexibility index (Phi) is 3.52. The second kappa shape index (κ2) is 4.88. The van der Waals surface area contributed by atoms with Crippen molar-refractivity contribution in [3.05, 3.63) is 22.7 Å². The molecule has 0 amide bonds. The molecule has 3 N–H and O–H groups in total. The van der Waals surface area contributed by atoms with Crippen molar-refractivity contribution in [2.45, 2.75) is 25.7 Å². The van der Waals surface area contributed by atoms with Crippen LogP contribution < -0.4 is 11.1 Å². The Morgan fingerprint density at radius 2 is 2.07 bits per heavy atom. The Morgan fingerprint density at radius 1 is 1.33 bits per heavy atom. The normalized spacial score (nSPS) is 16.9. The molecule has 0 atom stereocenters. The summed E-state index contributed by atoms with van der Waals surface area (Å²) >= 11 is 3.45. The van der Waals surface area contributed by atoms with Gasteiger partial charge in [-0.15, -0.1) is 0 Å². The van der Waals surface area contributed by atoms with E-state index in [4.69, 9.17) is 5.73 Å². The molecule has 0 spiro atoms. The molecular formula is C12H17BrN2. The molecule has 1 saturated carbocycles. The Bertz CT molecular complexity index is 332. The molecule has 1 fully saturated rings. The van der Waals surface area contributed by atoms with Gasteiger partial charge in [0.15, 0.2) is 0 Å². The van der Waals surface area contributed by atoms with Crippen LogP contribution in [-0.2, 0) is 0 Å². The number of halogens is 1. The molecule has 1 aromatic rings. The molecule has 0 radical (unpaired) electrons. The van der Waals surface area contributed by atoms with Gasteiger partial charge in [0.05, 0.1) is 11.4 Å². The maximum atomic E-state index is 5.89. The first-order chi connectivity index (χ1) is 7.25. The van der Waals surface area contributed by atoms with Crippen molar-refractivity contribution < 1.29 is 0 Å². The molecule has 1 aliphatic carbocycles. The zero-order valence-corrected chi connectivity index (χ0v) is 10.4. The summed E-state index contributed by atoms with van der Waals surface area (Å²) in [5.74, 6) is 0.836. The number of benzene rings is 1. The van der Waals surface area contributed by atoms with Gasteiger partial charge in [-0.2, -0.15) is 0 Å². The van der Waals surface area contributed by atoms with Crippen molar-refractivity contribution in [1.29, 1.82) is 0 Å². The lowest BCUT2D eigenvalue weighted by Crippen LogP contribution is -2.12. The maximum Gasteiger partial charge on any atom is 0.0585 e. The molecule has 1 aliphatic rings. The lowest BCUT2D eigenvalue weighted by molar-refractivity contribution is 0.580. The van der Waals surface area contributed by atoms with E-state index in [2.05, 4.69) is 21.2 Å². The monoisotopic (exact) mass is 268 g/mol. The SMILES string of the molecule is Nc1ccc(Br)cc1NCC1CCCC1. The fourth-order valence-electron chi connectivity index (χ4n) is 2.15. The third-order valence-electron chi connectivity index (χ3n) is 3.07. The Morgan fingerprint density at radius 3 is 2.80 bits per heavy atom. The second-order valence-electron chi connectivity index (χ2n) is 4.26. The van der Waals surface area contributed by atoms with Crippen LogP contribution in [0.3, 0.4) is 0 Å². The van der Waals surface area contributed by atoms with Gasteiger partial charge in [0.25, 0.3) is 0 Å². The van der Waals surface area contributed by atoms with Crippen molar-refractivity contribution in [3.8, 4) is 0 Å². The molecule has 3 heteroatoms. The minimum atomic E-state index is 0.830. The van der Waals surface area contributed by atoms with Crippen molar-refractivity contribution in [2.75, 3.05) is 17.6 Å². The van der Waals surface area contributed by atoms with Gasteiger partial charge >= 0.3 is 0 Å². The Labute approximate surface area is 99.4 Å². The summed E-state index contributed by atoms with van der Waals surface area (Å²) < 4.78 is 1.07. The van der Waals surface area contributed by atoms with Crippen LogP contribution in [0.5, 0.6) is 0 Å². The van der Waals surface area contributed by atoms with Gasteiger partial charge in [-0.3, -0.25) is 0 Å². The second-order valence-corrected chi connectivity index (χ2v) is 5.18. The van der Waals surface area contributed by atoms with E-state index in [9.17, 15) is 0 Å². The molecule has 15 heavy (non-hydrogen) atoms. The molecule has 0 unspecified atom stereocenters. The summed E-state index contributed by atoms with van der Waals surface area (Å²) in [4.78, 5) is 0. The summed E-state index contributed by atoms with van der Waals surface area (Å²) in [6, 6.07) is 5.95. The van der Waals surface area contributed by atoms with Crippen LogP contribution in [-0.4, -0.2) is 6.54 Å². The molecule has 0 heterocycles. The average molecular weight is 269 g/mol. The quantitative estimate of drug-likeness (QED) is 0.822. The predicted octanol–water partition coefficient (Wildman–Crippen LogP) is 3.63. The topological polar surface area (TPSA) is 38.0 Å². The molecule has 0 aromatic heterocycles. The molecule has 2 nitrogen and oxygen atoms in total. The number of nitrogens with two attached hydrogens (primary N) is 1. The van der Waals surface area contributed by atoms with Gasteiger partial charge in [-0.05, 0) is 37.0 Å². The highest BCUT2D eigenvalue weighted by Gasteiger charge is 2.14. The number of nitrogens with one attached hydrogen (secondary N) is 1. The number of anilines is 2. The van der Waals surface area contributed by atoms with Crippen LogP contribution in [0, 0.1) is 5.92 Å². The standard InChI is InChI=1S/C12H17BrN2/c13-10-5-6-11(14)12(7-10)15-8-9-3-1-2-4-9/h5-7,9,15H,1-4,8,14H2. The number of nitrogen functional groups attached to an aromatic ring is 1. The first-order valence-corrected chi connectivity index (χ1v) is 6.34. The first kappa shape index (κ1) is 10.8. The van der Waals surface area contributed by atoms with E-state index in [1.807, 2.05) is 18.2 Å². The minimum Gasteiger partial charge on any atom is -0.397 e. The van der Waals surface area contributed by atoms with Gasteiger partial charge < -0.3 is 11.1 Å². The fraction of sp³-hybridized carbons (Fsp3) is 0.500. The zero-order chi connectivity index (χ0) is 10.7. The van der Waals surface area contributed by atoms with E-state index in [0.717, 1.165) is 28.3 Å². The van der Waals surface area contributed by atoms with Gasteiger partial charge in [0.1, 0.15) is 0 Å². The highest BCUT2D eigenvalue weighted by atomic mass is 79.9. The van der Waals surface area contributed by atoms with Crippen molar-refractivity contribution in [1.82, 2.24) is 0 Å². The molecular weight excluding hydrogens is 252 g/mol. The van der Waals surface area contributed by atoms with E-state index in [0.29, 0.717) is 0 Å². The number of rotatable bonds is 3. The number of hydrogen-bond acceptors (Lipinski definition) is 2. The first-order valence-electron chi connectivity index (χ1n) is 5.54. The Hall–Kier alpha value is -0.700. The minimum absolute atomic E-state index is 0.830. The third kappa shape index (κ3) is 2.88. The molecule has 0 saturated heterocycles. The van der Waals surface area contributed by atoms with Gasteiger partial charge in [-0.1, -0.05) is 28.8 Å². The van der Waals surface area contributed by atoms with Crippen LogP contribution in [0.4, 0.5) is 11.4 Å². The molecule has 0 aliphatic heterocycles. The van der Waals surface area contributed by atoms with E-state index >= 15 is 0 Å². The van der Waals surface area contributed by atoms with Gasteiger partial charge in [0.2, 0.25) is 0 Å². The van der Waals surface area contributed by atoms with Crippen LogP contribution >= 0.6 is 15.9 Å². The highest BCUT2D eigenvalue weighted by Crippen LogP contribution is 2.27. The fourth-order valence-corrected chi connectivity index (χ4v) is 2.51. The molecule has 2 rings (SSSR count). The molecule has 0 bridgehead atoms. The average Bonchev–Trinajstić information content (AvgIpc) is 2.72. The van der Waals surface area contributed by atoms with Crippen LogP contribution in [0.1, 0.15) is 25.7 Å². The van der Waals surface area contributed by atoms with Crippen LogP contribution in [0.15, 0.2) is 22.7 Å². The van der Waals surface area contributed by atoms with Crippen molar-refractivity contribution in [3.63, 3.8) is 0 Å². The zero-order valence-electron chi connectivity index (χ0n) is 8.80. The van der Waals surface area contributed by atoms with Crippen molar-refractivity contribution in [2.24, 2.45) is 5.92 Å². The largest absolute Gasteiger partial charge is 0.397 e. The molecule has 82 valence electrons. The number of hydrogen-bond donors (Lipinski definition) is 2. The summed E-state index contributed by atoms with van der Waals surface area (Å²) in [6.45, 7) is 1.06. The van der Waals surface area contributed by atoms with Crippen molar-refractivity contribution >= 4 is 27.3 Å². The van der Waals surface area contributed by atoms with Crippen LogP contribution in [0.25, 0.3) is 0 Å². The third-order valence-corrected chi connectivity index (χ3v) is 3.56. The van der Waals surface area contributed by atoms with Gasteiger partial charge in [0, 0.05) is 11.0 Å². The predicted molar refractivity (Wildman–Crippen MR) is 69.0 cm³/mol. The summed E-state index contributed by atoms with van der Waals surface area (Å²) in [5, 5.41) is 3.44. The highest BCUT2D eigenvalue weighted by molar-refractivity contribution is 9.10. The maximum absolute atomic E-state index is 5.89. The van der Waals surface area contributed by atoms with Crippen LogP contribution in [0.2, 0.25) is 0 Å². The summed E-state index contributed by atoms with van der Waals surface area (Å²) in [7, 11) is 0. The lowest BCUT2D eigenvalue weighted by Gasteiger charge is -2.13.